The Labute approximate surface area is 155 Å². The molecule has 0 bridgehead atoms. The molecule has 1 fully saturated rings. The fourth-order valence-electron chi connectivity index (χ4n) is 3.69. The summed E-state index contributed by atoms with van der Waals surface area (Å²) in [6, 6.07) is 9.41. The zero-order valence-corrected chi connectivity index (χ0v) is 15.4. The number of hydrogen-bond acceptors (Lipinski definition) is 3. The third kappa shape index (κ3) is 4.63. The molecule has 4 heteroatoms. The molecule has 1 saturated carbocycles. The lowest BCUT2D eigenvalue weighted by molar-refractivity contribution is -0.605. The minimum absolute atomic E-state index is 0.264. The van der Waals surface area contributed by atoms with Gasteiger partial charge in [-0.2, -0.15) is 4.73 Å². The van der Waals surface area contributed by atoms with Crippen molar-refractivity contribution >= 4 is 5.97 Å². The van der Waals surface area contributed by atoms with E-state index in [2.05, 4.69) is 19.1 Å². The van der Waals surface area contributed by atoms with Gasteiger partial charge in [-0.25, -0.2) is 4.79 Å². The highest BCUT2D eigenvalue weighted by molar-refractivity contribution is 5.90. The first-order valence-electron chi connectivity index (χ1n) is 9.71. The third-order valence-corrected chi connectivity index (χ3v) is 5.17. The van der Waals surface area contributed by atoms with Crippen molar-refractivity contribution in [1.82, 2.24) is 0 Å². The summed E-state index contributed by atoms with van der Waals surface area (Å²) in [5.41, 5.74) is 2.72. The molecular formula is C22H27NO3. The topological polar surface area (TPSA) is 53.2 Å². The first kappa shape index (κ1) is 18.4. The molecule has 0 N–H and O–H groups in total. The van der Waals surface area contributed by atoms with Crippen LogP contribution >= 0.6 is 0 Å². The molecule has 2 aromatic rings. The number of benzene rings is 1. The fourth-order valence-corrected chi connectivity index (χ4v) is 3.69. The second kappa shape index (κ2) is 8.84. The first-order valence-corrected chi connectivity index (χ1v) is 9.71. The number of esters is 1. The molecule has 0 atom stereocenters. The molecule has 0 amide bonds. The predicted molar refractivity (Wildman–Crippen MR) is 101 cm³/mol. The average Bonchev–Trinajstić information content (AvgIpc) is 2.68. The number of carbonyl (C=O) groups excluding carboxylic acids is 1. The Kier molecular flexibility index (Phi) is 6.26. The van der Waals surface area contributed by atoms with Gasteiger partial charge in [0.2, 0.25) is 0 Å². The van der Waals surface area contributed by atoms with E-state index in [0.29, 0.717) is 16.4 Å². The van der Waals surface area contributed by atoms with Gasteiger partial charge in [0, 0.05) is 6.07 Å². The number of hydrogen-bond donors (Lipinski definition) is 0. The van der Waals surface area contributed by atoms with Crippen molar-refractivity contribution in [3.8, 4) is 5.75 Å². The lowest BCUT2D eigenvalue weighted by atomic mass is 9.83. The average molecular weight is 353 g/mol. The first-order chi connectivity index (χ1) is 12.7. The number of ether oxygens (including phenoxy) is 1. The van der Waals surface area contributed by atoms with Gasteiger partial charge >= 0.3 is 5.97 Å². The van der Waals surface area contributed by atoms with Gasteiger partial charge in [0.1, 0.15) is 11.3 Å². The maximum absolute atomic E-state index is 12.4. The van der Waals surface area contributed by atoms with Gasteiger partial charge in [-0.15, -0.1) is 0 Å². The summed E-state index contributed by atoms with van der Waals surface area (Å²) in [6.45, 7) is 2.16. The van der Waals surface area contributed by atoms with Gasteiger partial charge in [-0.1, -0.05) is 44.7 Å². The Morgan fingerprint density at radius 2 is 2.04 bits per heavy atom. The molecule has 1 aliphatic rings. The molecule has 1 aliphatic carbocycles. The molecule has 1 aromatic heterocycles. The van der Waals surface area contributed by atoms with Crippen LogP contribution in [-0.4, -0.2) is 5.97 Å². The summed E-state index contributed by atoms with van der Waals surface area (Å²) in [5, 5.41) is 11.4. The highest BCUT2D eigenvalue weighted by Gasteiger charge is 2.19. The molecule has 0 aliphatic heterocycles. The molecule has 1 heterocycles. The highest BCUT2D eigenvalue weighted by atomic mass is 16.5. The van der Waals surface area contributed by atoms with Crippen LogP contribution in [0, 0.1) is 5.21 Å². The van der Waals surface area contributed by atoms with Crippen molar-refractivity contribution in [3.05, 3.63) is 64.6 Å². The zero-order valence-electron chi connectivity index (χ0n) is 15.4. The van der Waals surface area contributed by atoms with Crippen molar-refractivity contribution in [3.63, 3.8) is 0 Å². The predicted octanol–water partition coefficient (Wildman–Crippen LogP) is 4.93. The molecule has 0 spiro atoms. The van der Waals surface area contributed by atoms with Crippen molar-refractivity contribution in [1.29, 1.82) is 0 Å². The molecule has 4 nitrogen and oxygen atoms in total. The van der Waals surface area contributed by atoms with Crippen LogP contribution in [-0.2, 0) is 6.42 Å². The summed E-state index contributed by atoms with van der Waals surface area (Å²) in [6.07, 6.45) is 12.1. The van der Waals surface area contributed by atoms with Gasteiger partial charge < -0.3 is 9.94 Å². The van der Waals surface area contributed by atoms with E-state index in [4.69, 9.17) is 4.74 Å². The van der Waals surface area contributed by atoms with Crippen LogP contribution < -0.4 is 9.47 Å². The normalized spacial score (nSPS) is 15.0. The Hall–Kier alpha value is -2.36. The third-order valence-electron chi connectivity index (χ3n) is 5.17. The minimum Gasteiger partial charge on any atom is -0.619 e. The van der Waals surface area contributed by atoms with Crippen LogP contribution in [0.4, 0.5) is 0 Å². The van der Waals surface area contributed by atoms with Crippen molar-refractivity contribution in [2.24, 2.45) is 0 Å². The van der Waals surface area contributed by atoms with Gasteiger partial charge in [0.05, 0.1) is 0 Å². The van der Waals surface area contributed by atoms with Gasteiger partial charge in [0.15, 0.2) is 12.4 Å². The molecule has 3 rings (SSSR count). The van der Waals surface area contributed by atoms with E-state index in [0.717, 1.165) is 24.8 Å². The molecule has 0 saturated heterocycles. The minimum atomic E-state index is -0.488. The standard InChI is InChI=1S/C22H27NO3/c1-2-3-8-19-15-18(17-9-5-4-6-10-17)12-13-21(19)26-22(24)20-11-7-14-23(25)16-20/h7,11-17H,2-6,8-10H2,1H3. The molecular weight excluding hydrogens is 326 g/mol. The monoisotopic (exact) mass is 353 g/mol. The smallest absolute Gasteiger partial charge is 0.349 e. The van der Waals surface area contributed by atoms with Crippen LogP contribution in [0.2, 0.25) is 0 Å². The summed E-state index contributed by atoms with van der Waals surface area (Å²) in [4.78, 5) is 12.4. The molecule has 1 aromatic carbocycles. The van der Waals surface area contributed by atoms with Crippen molar-refractivity contribution in [2.75, 3.05) is 0 Å². The van der Waals surface area contributed by atoms with E-state index < -0.39 is 5.97 Å². The van der Waals surface area contributed by atoms with Gasteiger partial charge in [-0.05, 0) is 54.9 Å². The van der Waals surface area contributed by atoms with Crippen molar-refractivity contribution < 1.29 is 14.3 Å². The maximum Gasteiger partial charge on any atom is 0.349 e. The van der Waals surface area contributed by atoms with Gasteiger partial charge in [-0.3, -0.25) is 0 Å². The van der Waals surface area contributed by atoms with Crippen LogP contribution in [0.3, 0.4) is 0 Å². The second-order valence-corrected chi connectivity index (χ2v) is 7.15. The number of nitrogens with zero attached hydrogens (tertiary/aromatic N) is 1. The van der Waals surface area contributed by atoms with E-state index in [1.807, 2.05) is 6.07 Å². The van der Waals surface area contributed by atoms with E-state index in [1.165, 1.54) is 50.1 Å². The Morgan fingerprint density at radius 1 is 1.23 bits per heavy atom. The van der Waals surface area contributed by atoms with Crippen LogP contribution in [0.15, 0.2) is 42.7 Å². The number of pyridine rings is 1. The molecule has 0 radical (unpaired) electrons. The van der Waals surface area contributed by atoms with E-state index >= 15 is 0 Å². The molecule has 0 unspecified atom stereocenters. The van der Waals surface area contributed by atoms with Crippen LogP contribution in [0.5, 0.6) is 5.75 Å². The number of rotatable bonds is 6. The van der Waals surface area contributed by atoms with Crippen LogP contribution in [0.1, 0.15) is 79.3 Å². The number of unbranched alkanes of at least 4 members (excludes halogenated alkanes) is 1. The highest BCUT2D eigenvalue weighted by Crippen LogP contribution is 2.35. The molecule has 138 valence electrons. The Balaban J connectivity index is 1.81. The SMILES string of the molecule is CCCCc1cc(C2CCCCC2)ccc1OC(=O)c1ccc[n+]([O-])c1. The summed E-state index contributed by atoms with van der Waals surface area (Å²) < 4.78 is 6.25. The number of aromatic nitrogens is 1. The van der Waals surface area contributed by atoms with E-state index in [-0.39, 0.29) is 5.56 Å². The summed E-state index contributed by atoms with van der Waals surface area (Å²) >= 11 is 0. The lowest BCUT2D eigenvalue weighted by Gasteiger charge is -2.23. The summed E-state index contributed by atoms with van der Waals surface area (Å²) in [7, 11) is 0. The van der Waals surface area contributed by atoms with E-state index in [9.17, 15) is 10.0 Å². The van der Waals surface area contributed by atoms with Crippen molar-refractivity contribution in [2.45, 2.75) is 64.2 Å². The quantitative estimate of drug-likeness (QED) is 0.320. The van der Waals surface area contributed by atoms with Gasteiger partial charge in [0.25, 0.3) is 0 Å². The Bertz CT molecular complexity index is 751. The zero-order chi connectivity index (χ0) is 18.4. The number of aryl methyl sites for hydroxylation is 1. The number of carbonyl (C=O) groups is 1. The van der Waals surface area contributed by atoms with Crippen LogP contribution in [0.25, 0.3) is 0 Å². The Morgan fingerprint density at radius 3 is 2.77 bits per heavy atom. The maximum atomic E-state index is 12.4. The second-order valence-electron chi connectivity index (χ2n) is 7.15. The lowest BCUT2D eigenvalue weighted by Crippen LogP contribution is -2.26. The summed E-state index contributed by atoms with van der Waals surface area (Å²) in [5.74, 6) is 0.755. The molecule has 26 heavy (non-hydrogen) atoms. The van der Waals surface area contributed by atoms with E-state index in [1.54, 1.807) is 12.1 Å². The largest absolute Gasteiger partial charge is 0.619 e. The fraction of sp³-hybridized carbons (Fsp3) is 0.455.